The Morgan fingerprint density at radius 2 is 1.56 bits per heavy atom. The van der Waals surface area contributed by atoms with Crippen molar-refractivity contribution in [1.82, 2.24) is 9.88 Å². The van der Waals surface area contributed by atoms with Gasteiger partial charge in [-0.25, -0.2) is 0 Å². The Bertz CT molecular complexity index is 1240. The fourth-order valence-corrected chi connectivity index (χ4v) is 4.56. The van der Waals surface area contributed by atoms with E-state index < -0.39 is 0 Å². The Morgan fingerprint density at radius 3 is 2.21 bits per heavy atom. The molecule has 0 bridgehead atoms. The molecular weight excluding hydrogens is 424 g/mol. The lowest BCUT2D eigenvalue weighted by atomic mass is 9.87. The van der Waals surface area contributed by atoms with Crippen molar-refractivity contribution in [3.05, 3.63) is 95.7 Å². The molecule has 34 heavy (non-hydrogen) atoms. The largest absolute Gasteiger partial charge is 0.497 e. The number of aromatic nitrogens is 1. The van der Waals surface area contributed by atoms with Crippen molar-refractivity contribution < 1.29 is 14.3 Å². The molecule has 0 saturated heterocycles. The van der Waals surface area contributed by atoms with Crippen LogP contribution in [-0.2, 0) is 11.3 Å². The number of para-hydroxylation sites is 1. The van der Waals surface area contributed by atoms with Crippen molar-refractivity contribution in [3.63, 3.8) is 0 Å². The number of carbonyl (C=O) groups excluding carboxylic acids is 1. The summed E-state index contributed by atoms with van der Waals surface area (Å²) in [5, 5.41) is 4.34. The number of ether oxygens (including phenoxy) is 2. The van der Waals surface area contributed by atoms with E-state index >= 15 is 0 Å². The fourth-order valence-electron chi connectivity index (χ4n) is 4.56. The highest BCUT2D eigenvalue weighted by molar-refractivity contribution is 5.87. The maximum Gasteiger partial charge on any atom is 0.221 e. The van der Waals surface area contributed by atoms with Crippen LogP contribution in [0.3, 0.4) is 0 Å². The molecule has 2 atom stereocenters. The molecule has 0 aliphatic heterocycles. The van der Waals surface area contributed by atoms with Crippen LogP contribution in [0.15, 0.2) is 79.0 Å². The van der Waals surface area contributed by atoms with Gasteiger partial charge < -0.3 is 19.4 Å². The van der Waals surface area contributed by atoms with Crippen molar-refractivity contribution in [2.45, 2.75) is 38.8 Å². The number of benzene rings is 3. The van der Waals surface area contributed by atoms with Gasteiger partial charge in [-0.3, -0.25) is 4.79 Å². The maximum atomic E-state index is 13.3. The minimum Gasteiger partial charge on any atom is -0.497 e. The summed E-state index contributed by atoms with van der Waals surface area (Å²) in [7, 11) is 3.29. The molecule has 1 amide bonds. The van der Waals surface area contributed by atoms with E-state index in [1.807, 2.05) is 61.5 Å². The Kier molecular flexibility index (Phi) is 7.21. The van der Waals surface area contributed by atoms with E-state index in [0.717, 1.165) is 34.1 Å². The second-order valence-electron chi connectivity index (χ2n) is 8.49. The molecule has 1 aromatic heterocycles. The Labute approximate surface area is 201 Å². The Morgan fingerprint density at radius 1 is 0.912 bits per heavy atom. The van der Waals surface area contributed by atoms with E-state index in [0.29, 0.717) is 17.9 Å². The van der Waals surface area contributed by atoms with Gasteiger partial charge in [-0.15, -0.1) is 0 Å². The van der Waals surface area contributed by atoms with Gasteiger partial charge in [-0.2, -0.15) is 0 Å². The highest BCUT2D eigenvalue weighted by Gasteiger charge is 2.24. The van der Waals surface area contributed by atoms with Crippen molar-refractivity contribution in [2.24, 2.45) is 0 Å². The average molecular weight is 457 g/mol. The second-order valence-corrected chi connectivity index (χ2v) is 8.49. The van der Waals surface area contributed by atoms with E-state index in [4.69, 9.17) is 9.47 Å². The molecule has 0 saturated carbocycles. The molecule has 1 N–H and O–H groups in total. The second kappa shape index (κ2) is 10.5. The first-order valence-corrected chi connectivity index (χ1v) is 11.7. The highest BCUT2D eigenvalue weighted by atomic mass is 16.5. The first-order chi connectivity index (χ1) is 16.5. The number of hydrogen-bond donors (Lipinski definition) is 1. The summed E-state index contributed by atoms with van der Waals surface area (Å²) in [5.74, 6) is 1.24. The number of rotatable bonds is 9. The standard InChI is InChI=1S/C29H32N2O3/c1-5-31-19-27(25-13-9-10-14-28(25)31)26(22-15-23(33-3)17-24(16-22)34-4)18-29(32)30-20(2)21-11-7-6-8-12-21/h6-17,19-20,26H,5,18H2,1-4H3,(H,30,32)/t20-,26-/m0/s1. The first kappa shape index (κ1) is 23.4. The summed E-state index contributed by atoms with van der Waals surface area (Å²) in [6.07, 6.45) is 2.49. The van der Waals surface area contributed by atoms with E-state index in [1.165, 1.54) is 0 Å². The zero-order valence-corrected chi connectivity index (χ0v) is 20.2. The first-order valence-electron chi connectivity index (χ1n) is 11.7. The van der Waals surface area contributed by atoms with Crippen LogP contribution in [0.1, 0.15) is 48.9 Å². The zero-order chi connectivity index (χ0) is 24.1. The predicted molar refractivity (Wildman–Crippen MR) is 137 cm³/mol. The third kappa shape index (κ3) is 4.93. The lowest BCUT2D eigenvalue weighted by molar-refractivity contribution is -0.121. The fraction of sp³-hybridized carbons (Fsp3) is 0.276. The van der Waals surface area contributed by atoms with Crippen LogP contribution in [0.2, 0.25) is 0 Å². The smallest absolute Gasteiger partial charge is 0.221 e. The summed E-state index contributed by atoms with van der Waals surface area (Å²) >= 11 is 0. The maximum absolute atomic E-state index is 13.3. The molecule has 0 spiro atoms. The van der Waals surface area contributed by atoms with Gasteiger partial charge >= 0.3 is 0 Å². The summed E-state index contributed by atoms with van der Waals surface area (Å²) in [6.45, 7) is 5.00. The van der Waals surface area contributed by atoms with Gasteiger partial charge in [0.1, 0.15) is 11.5 Å². The van der Waals surface area contributed by atoms with Crippen molar-refractivity contribution in [2.75, 3.05) is 14.2 Å². The molecule has 0 aliphatic rings. The zero-order valence-electron chi connectivity index (χ0n) is 20.2. The van der Waals surface area contributed by atoms with Gasteiger partial charge in [0, 0.05) is 42.0 Å². The van der Waals surface area contributed by atoms with Gasteiger partial charge in [0.2, 0.25) is 5.91 Å². The lowest BCUT2D eigenvalue weighted by Gasteiger charge is -2.21. The van der Waals surface area contributed by atoms with E-state index in [1.54, 1.807) is 14.2 Å². The van der Waals surface area contributed by atoms with Crippen molar-refractivity contribution in [1.29, 1.82) is 0 Å². The number of methoxy groups -OCH3 is 2. The van der Waals surface area contributed by atoms with Gasteiger partial charge in [0.05, 0.1) is 20.3 Å². The number of fused-ring (bicyclic) bond motifs is 1. The van der Waals surface area contributed by atoms with Gasteiger partial charge in [-0.1, -0.05) is 48.5 Å². The summed E-state index contributed by atoms with van der Waals surface area (Å²) in [6, 6.07) is 24.2. The number of hydrogen-bond acceptors (Lipinski definition) is 3. The van der Waals surface area contributed by atoms with Crippen LogP contribution in [0.25, 0.3) is 10.9 Å². The van der Waals surface area contributed by atoms with Gasteiger partial charge in [-0.05, 0) is 48.7 Å². The van der Waals surface area contributed by atoms with E-state index in [-0.39, 0.29) is 17.9 Å². The van der Waals surface area contributed by atoms with Crippen LogP contribution >= 0.6 is 0 Å². The van der Waals surface area contributed by atoms with Crippen LogP contribution in [0.5, 0.6) is 11.5 Å². The molecular formula is C29H32N2O3. The molecule has 5 heteroatoms. The van der Waals surface area contributed by atoms with Gasteiger partial charge in [0.15, 0.2) is 0 Å². The van der Waals surface area contributed by atoms with Crippen LogP contribution < -0.4 is 14.8 Å². The molecule has 0 aliphatic carbocycles. The monoisotopic (exact) mass is 456 g/mol. The van der Waals surface area contributed by atoms with E-state index in [2.05, 4.69) is 41.2 Å². The van der Waals surface area contributed by atoms with Crippen molar-refractivity contribution in [3.8, 4) is 11.5 Å². The van der Waals surface area contributed by atoms with Crippen LogP contribution in [0.4, 0.5) is 0 Å². The number of amides is 1. The third-order valence-corrected chi connectivity index (χ3v) is 6.38. The lowest BCUT2D eigenvalue weighted by Crippen LogP contribution is -2.28. The number of carbonyl (C=O) groups is 1. The normalized spacial score (nSPS) is 12.8. The molecule has 4 rings (SSSR count). The van der Waals surface area contributed by atoms with E-state index in [9.17, 15) is 4.79 Å². The topological polar surface area (TPSA) is 52.5 Å². The summed E-state index contributed by atoms with van der Waals surface area (Å²) in [4.78, 5) is 13.3. The minimum atomic E-state index is -0.162. The van der Waals surface area contributed by atoms with Crippen LogP contribution in [-0.4, -0.2) is 24.7 Å². The molecule has 0 unspecified atom stereocenters. The molecule has 0 fully saturated rings. The Balaban J connectivity index is 1.75. The molecule has 176 valence electrons. The van der Waals surface area contributed by atoms with Gasteiger partial charge in [0.25, 0.3) is 0 Å². The van der Waals surface area contributed by atoms with Crippen LogP contribution in [0, 0.1) is 0 Å². The molecule has 5 nitrogen and oxygen atoms in total. The van der Waals surface area contributed by atoms with Crippen molar-refractivity contribution >= 4 is 16.8 Å². The predicted octanol–water partition coefficient (Wildman–Crippen LogP) is 6.08. The SMILES string of the molecule is CCn1cc([C@@H](CC(=O)N[C@@H](C)c2ccccc2)c2cc(OC)cc(OC)c2)c2ccccc21. The minimum absolute atomic E-state index is 0.00327. The highest BCUT2D eigenvalue weighted by Crippen LogP contribution is 2.38. The number of nitrogens with one attached hydrogen (secondary N) is 1. The molecule has 3 aromatic carbocycles. The number of aryl methyl sites for hydroxylation is 1. The Hall–Kier alpha value is -3.73. The molecule has 1 heterocycles. The third-order valence-electron chi connectivity index (χ3n) is 6.38. The quantitative estimate of drug-likeness (QED) is 0.332. The molecule has 0 radical (unpaired) electrons. The average Bonchev–Trinajstić information content (AvgIpc) is 3.26. The summed E-state index contributed by atoms with van der Waals surface area (Å²) in [5.41, 5.74) is 4.35. The summed E-state index contributed by atoms with van der Waals surface area (Å²) < 4.78 is 13.3. The molecule has 4 aromatic rings. The number of nitrogens with zero attached hydrogens (tertiary/aromatic N) is 1.